The Labute approximate surface area is 94.0 Å². The number of alkyl carbamates (subject to hydrolysis) is 1. The van der Waals surface area contributed by atoms with E-state index in [2.05, 4.69) is 23.2 Å². The summed E-state index contributed by atoms with van der Waals surface area (Å²) in [5.74, 6) is 0. The van der Waals surface area contributed by atoms with E-state index >= 15 is 0 Å². The lowest BCUT2D eigenvalue weighted by Crippen LogP contribution is -2.24. The molecule has 0 heterocycles. The third-order valence-electron chi connectivity index (χ3n) is 1.46. The minimum absolute atomic E-state index is 0. The number of nitrogens with one attached hydrogen (secondary N) is 1. The van der Waals surface area contributed by atoms with Gasteiger partial charge in [-0.05, 0) is 12.0 Å². The van der Waals surface area contributed by atoms with Crippen molar-refractivity contribution < 1.29 is 11.0 Å². The Balaban J connectivity index is -0.000000529. The largest absolute Gasteiger partial charge is 0.453 e. The van der Waals surface area contributed by atoms with Crippen molar-refractivity contribution in [3.8, 4) is 0 Å². The number of carbonyl (C=O) groups is 1. The van der Waals surface area contributed by atoms with Crippen molar-refractivity contribution in [2.45, 2.75) is 20.3 Å². The molecule has 0 saturated heterocycles. The molecule has 0 aromatic carbocycles. The van der Waals surface area contributed by atoms with Gasteiger partial charge in [-0.1, -0.05) is 45.2 Å². The molecule has 0 radical (unpaired) electrons. The van der Waals surface area contributed by atoms with Gasteiger partial charge in [0.05, 0.1) is 7.11 Å². The SMILES string of the molecule is C=C/C=C(\C=C)CCNC(=O)OC.CC.[HH]. The molecule has 0 aromatic heterocycles. The summed E-state index contributed by atoms with van der Waals surface area (Å²) in [6, 6.07) is 0. The predicted octanol–water partition coefficient (Wildman–Crippen LogP) is 3.30. The molecule has 0 aliphatic carbocycles. The van der Waals surface area contributed by atoms with E-state index in [1.807, 2.05) is 19.9 Å². The monoisotopic (exact) mass is 213 g/mol. The van der Waals surface area contributed by atoms with E-state index in [1.165, 1.54) is 7.11 Å². The second-order valence-corrected chi connectivity index (χ2v) is 2.35. The van der Waals surface area contributed by atoms with Crippen LogP contribution >= 0.6 is 0 Å². The van der Waals surface area contributed by atoms with Crippen molar-refractivity contribution in [2.75, 3.05) is 13.7 Å². The number of allylic oxidation sites excluding steroid dienone is 3. The minimum atomic E-state index is -0.415. The zero-order chi connectivity index (χ0) is 12.1. The fraction of sp³-hybridized carbons (Fsp3) is 0.417. The first-order valence-electron chi connectivity index (χ1n) is 5.00. The van der Waals surface area contributed by atoms with Crippen LogP contribution in [-0.4, -0.2) is 19.7 Å². The quantitative estimate of drug-likeness (QED) is 0.711. The Morgan fingerprint density at radius 2 is 2.07 bits per heavy atom. The lowest BCUT2D eigenvalue weighted by molar-refractivity contribution is 0.171. The molecule has 0 aromatic rings. The maximum absolute atomic E-state index is 10.6. The van der Waals surface area contributed by atoms with E-state index < -0.39 is 6.09 Å². The molecule has 3 heteroatoms. The average Bonchev–Trinajstić information content (AvgIpc) is 2.30. The topological polar surface area (TPSA) is 38.3 Å². The smallest absolute Gasteiger partial charge is 0.406 e. The van der Waals surface area contributed by atoms with E-state index in [0.717, 1.165) is 12.0 Å². The molecule has 0 bridgehead atoms. The van der Waals surface area contributed by atoms with Crippen molar-refractivity contribution in [1.29, 1.82) is 0 Å². The summed E-state index contributed by atoms with van der Waals surface area (Å²) >= 11 is 0. The van der Waals surface area contributed by atoms with Crippen LogP contribution in [0, 0.1) is 0 Å². The van der Waals surface area contributed by atoms with Gasteiger partial charge >= 0.3 is 6.09 Å². The Morgan fingerprint density at radius 3 is 2.47 bits per heavy atom. The summed E-state index contributed by atoms with van der Waals surface area (Å²) in [5, 5.41) is 2.57. The number of ether oxygens (including phenoxy) is 1. The van der Waals surface area contributed by atoms with Crippen LogP contribution in [0.3, 0.4) is 0 Å². The molecule has 1 amide bonds. The highest BCUT2D eigenvalue weighted by Crippen LogP contribution is 2.00. The lowest BCUT2D eigenvalue weighted by atomic mass is 10.2. The van der Waals surface area contributed by atoms with Gasteiger partial charge in [0.1, 0.15) is 0 Å². The normalized spacial score (nSPS) is 9.40. The van der Waals surface area contributed by atoms with Crippen molar-refractivity contribution in [1.82, 2.24) is 5.32 Å². The van der Waals surface area contributed by atoms with Gasteiger partial charge in [0.2, 0.25) is 0 Å². The Kier molecular flexibility index (Phi) is 13.3. The van der Waals surface area contributed by atoms with E-state index in [0.29, 0.717) is 6.54 Å². The second kappa shape index (κ2) is 12.5. The molecule has 1 N–H and O–H groups in total. The highest BCUT2D eigenvalue weighted by molar-refractivity contribution is 5.66. The Hall–Kier alpha value is -1.51. The van der Waals surface area contributed by atoms with Crippen LogP contribution in [0.4, 0.5) is 4.79 Å². The highest BCUT2D eigenvalue weighted by Gasteiger charge is 1.96. The maximum atomic E-state index is 10.6. The van der Waals surface area contributed by atoms with Crippen LogP contribution in [0.2, 0.25) is 0 Å². The zero-order valence-corrected chi connectivity index (χ0v) is 9.88. The van der Waals surface area contributed by atoms with Crippen molar-refractivity contribution >= 4 is 6.09 Å². The average molecular weight is 213 g/mol. The van der Waals surface area contributed by atoms with Gasteiger partial charge in [-0.25, -0.2) is 4.79 Å². The van der Waals surface area contributed by atoms with Crippen LogP contribution in [0.5, 0.6) is 0 Å². The minimum Gasteiger partial charge on any atom is -0.453 e. The highest BCUT2D eigenvalue weighted by atomic mass is 16.5. The summed E-state index contributed by atoms with van der Waals surface area (Å²) in [4.78, 5) is 10.6. The standard InChI is InChI=1S/C10H15NO2.C2H6.H2/c1-4-6-9(5-2)7-8-11-10(12)13-3;1-2;/h4-6H,1-2,7-8H2,3H3,(H,11,12);1-2H3;1H/b9-6+;;. The Morgan fingerprint density at radius 1 is 1.47 bits per heavy atom. The molecule has 3 nitrogen and oxygen atoms in total. The van der Waals surface area contributed by atoms with Gasteiger partial charge in [-0.15, -0.1) is 0 Å². The number of hydrogen-bond donors (Lipinski definition) is 1. The molecular formula is C12H23NO2. The third kappa shape index (κ3) is 10.4. The van der Waals surface area contributed by atoms with Crippen molar-refractivity contribution in [2.24, 2.45) is 0 Å². The molecule has 0 rings (SSSR count). The first kappa shape index (κ1) is 15.9. The van der Waals surface area contributed by atoms with Gasteiger partial charge in [-0.2, -0.15) is 0 Å². The van der Waals surface area contributed by atoms with Gasteiger partial charge in [0, 0.05) is 7.97 Å². The molecule has 0 aliphatic heterocycles. The van der Waals surface area contributed by atoms with E-state index in [-0.39, 0.29) is 1.43 Å². The van der Waals surface area contributed by atoms with Crippen LogP contribution in [0.15, 0.2) is 37.0 Å². The molecule has 15 heavy (non-hydrogen) atoms. The van der Waals surface area contributed by atoms with E-state index in [1.54, 1.807) is 12.2 Å². The van der Waals surface area contributed by atoms with Gasteiger partial charge < -0.3 is 10.1 Å². The lowest BCUT2D eigenvalue weighted by Gasteiger charge is -2.03. The molecule has 0 fully saturated rings. The van der Waals surface area contributed by atoms with E-state index in [4.69, 9.17) is 0 Å². The fourth-order valence-corrected chi connectivity index (χ4v) is 0.786. The van der Waals surface area contributed by atoms with Gasteiger partial charge in [0.25, 0.3) is 0 Å². The maximum Gasteiger partial charge on any atom is 0.406 e. The fourth-order valence-electron chi connectivity index (χ4n) is 0.786. The first-order valence-corrected chi connectivity index (χ1v) is 5.00. The molecule has 0 spiro atoms. The number of carbonyl (C=O) groups excluding carboxylic acids is 1. The number of methoxy groups -OCH3 is 1. The molecule has 0 atom stereocenters. The molecule has 0 saturated carbocycles. The Bertz CT molecular complexity index is 225. The van der Waals surface area contributed by atoms with Crippen LogP contribution in [-0.2, 0) is 4.74 Å². The third-order valence-corrected chi connectivity index (χ3v) is 1.46. The van der Waals surface area contributed by atoms with Crippen molar-refractivity contribution in [3.05, 3.63) is 37.0 Å². The molecule has 0 aliphatic rings. The predicted molar refractivity (Wildman–Crippen MR) is 67.0 cm³/mol. The van der Waals surface area contributed by atoms with E-state index in [9.17, 15) is 4.79 Å². The number of rotatable bonds is 5. The first-order chi connectivity index (χ1) is 7.24. The van der Waals surface area contributed by atoms with Gasteiger partial charge in [0.15, 0.2) is 0 Å². The molecule has 88 valence electrons. The van der Waals surface area contributed by atoms with Crippen LogP contribution in [0.25, 0.3) is 0 Å². The van der Waals surface area contributed by atoms with Gasteiger partial charge in [-0.3, -0.25) is 0 Å². The zero-order valence-electron chi connectivity index (χ0n) is 9.88. The summed E-state index contributed by atoms with van der Waals surface area (Å²) in [6.45, 7) is 11.7. The number of amides is 1. The number of hydrogen-bond acceptors (Lipinski definition) is 2. The summed E-state index contributed by atoms with van der Waals surface area (Å²) < 4.78 is 4.41. The summed E-state index contributed by atoms with van der Waals surface area (Å²) in [5.41, 5.74) is 1.03. The summed E-state index contributed by atoms with van der Waals surface area (Å²) in [6.07, 6.45) is 5.59. The molecule has 0 unspecified atom stereocenters. The summed E-state index contributed by atoms with van der Waals surface area (Å²) in [7, 11) is 1.34. The molecular weight excluding hydrogens is 190 g/mol. The van der Waals surface area contributed by atoms with Crippen LogP contribution in [0.1, 0.15) is 21.7 Å². The van der Waals surface area contributed by atoms with Crippen molar-refractivity contribution in [3.63, 3.8) is 0 Å². The van der Waals surface area contributed by atoms with Crippen LogP contribution < -0.4 is 5.32 Å². The second-order valence-electron chi connectivity index (χ2n) is 2.35.